The summed E-state index contributed by atoms with van der Waals surface area (Å²) in [6.45, 7) is 24.3. The summed E-state index contributed by atoms with van der Waals surface area (Å²) < 4.78 is 13.2. The molecule has 4 nitrogen and oxygen atoms in total. The second kappa shape index (κ2) is 12.6. The summed E-state index contributed by atoms with van der Waals surface area (Å²) in [5.74, 6) is 4.59. The van der Waals surface area contributed by atoms with Gasteiger partial charge in [0.15, 0.2) is 5.76 Å². The average Bonchev–Trinajstić information content (AvgIpc) is 3.70. The third-order valence-corrected chi connectivity index (χ3v) is 16.1. The maximum atomic E-state index is 12.9. The van der Waals surface area contributed by atoms with Gasteiger partial charge in [0.05, 0.1) is 11.6 Å². The number of hydrogen-bond donors (Lipinski definition) is 0. The van der Waals surface area contributed by atoms with Crippen molar-refractivity contribution >= 4 is 5.97 Å². The number of aryl methyl sites for hydroxylation is 1. The Kier molecular flexibility index (Phi) is 9.11. The number of oxazole rings is 1. The fourth-order valence-electron chi connectivity index (χ4n) is 13.5. The van der Waals surface area contributed by atoms with E-state index in [0.29, 0.717) is 36.0 Å². The van der Waals surface area contributed by atoms with Crippen LogP contribution in [0, 0.1) is 51.2 Å². The van der Waals surface area contributed by atoms with E-state index in [4.69, 9.17) is 14.1 Å². The molecule has 1 aromatic carbocycles. The van der Waals surface area contributed by atoms with Gasteiger partial charge in [-0.3, -0.25) is 4.79 Å². The molecule has 0 saturated heterocycles. The number of rotatable bonds is 8. The Balaban J connectivity index is 1.20. The molecule has 5 aliphatic carbocycles. The quantitative estimate of drug-likeness (QED) is 0.206. The summed E-state index contributed by atoms with van der Waals surface area (Å²) in [7, 11) is 0. The lowest BCUT2D eigenvalue weighted by molar-refractivity contribution is -0.232. The summed E-state index contributed by atoms with van der Waals surface area (Å²) in [5.41, 5.74) is 6.64. The van der Waals surface area contributed by atoms with Gasteiger partial charge < -0.3 is 9.15 Å². The fraction of sp³-hybridized carbons (Fsp3) is 0.739. The summed E-state index contributed by atoms with van der Waals surface area (Å²) in [5, 5.41) is 0. The van der Waals surface area contributed by atoms with E-state index in [1.165, 1.54) is 50.5 Å². The van der Waals surface area contributed by atoms with Gasteiger partial charge >= 0.3 is 5.97 Å². The number of esters is 1. The van der Waals surface area contributed by atoms with Crippen LogP contribution in [0.25, 0.3) is 11.3 Å². The molecule has 8 unspecified atom stereocenters. The maximum absolute atomic E-state index is 12.9. The number of carbonyl (C=O) groups excluding carboxylic acids is 1. The van der Waals surface area contributed by atoms with Crippen LogP contribution in [0.2, 0.25) is 0 Å². The molecule has 5 aliphatic rings. The lowest BCUT2D eigenvalue weighted by Gasteiger charge is -2.72. The predicted octanol–water partition coefficient (Wildman–Crippen LogP) is 12.3. The molecule has 4 heteroatoms. The Morgan fingerprint density at radius 1 is 0.880 bits per heavy atom. The van der Waals surface area contributed by atoms with E-state index in [1.54, 1.807) is 11.1 Å². The van der Waals surface area contributed by atoms with Crippen LogP contribution in [-0.2, 0) is 21.4 Å². The molecule has 50 heavy (non-hydrogen) atoms. The first kappa shape index (κ1) is 36.0. The highest BCUT2D eigenvalue weighted by Gasteiger charge is 2.70. The van der Waals surface area contributed by atoms with Crippen LogP contribution in [0.15, 0.2) is 46.0 Å². The van der Waals surface area contributed by atoms with Gasteiger partial charge in [-0.25, -0.2) is 4.98 Å². The number of allylic oxidation sites excluding steroid dienone is 2. The van der Waals surface area contributed by atoms with Crippen molar-refractivity contribution in [2.45, 2.75) is 164 Å². The summed E-state index contributed by atoms with van der Waals surface area (Å²) in [4.78, 5) is 18.0. The molecule has 0 spiro atoms. The van der Waals surface area contributed by atoms with Gasteiger partial charge in [-0.1, -0.05) is 111 Å². The highest BCUT2D eigenvalue weighted by Crippen LogP contribution is 2.77. The second-order valence-electron chi connectivity index (χ2n) is 19.7. The van der Waals surface area contributed by atoms with Crippen LogP contribution in [0.5, 0.6) is 0 Å². The van der Waals surface area contributed by atoms with Gasteiger partial charge in [0.1, 0.15) is 6.10 Å². The topological polar surface area (TPSA) is 52.3 Å². The van der Waals surface area contributed by atoms with E-state index >= 15 is 0 Å². The molecule has 4 fully saturated rings. The minimum absolute atomic E-state index is 0.00474. The van der Waals surface area contributed by atoms with E-state index in [-0.39, 0.29) is 39.1 Å². The Morgan fingerprint density at radius 3 is 2.30 bits per heavy atom. The highest BCUT2D eigenvalue weighted by molar-refractivity contribution is 5.69. The molecule has 7 rings (SSSR count). The Morgan fingerprint density at radius 2 is 1.62 bits per heavy atom. The lowest BCUT2D eigenvalue weighted by Crippen LogP contribution is -2.66. The van der Waals surface area contributed by atoms with Crippen molar-refractivity contribution < 1.29 is 13.9 Å². The van der Waals surface area contributed by atoms with Crippen molar-refractivity contribution in [3.8, 4) is 11.3 Å². The van der Waals surface area contributed by atoms with Crippen LogP contribution in [0.4, 0.5) is 0 Å². The van der Waals surface area contributed by atoms with Gasteiger partial charge in [-0.15, -0.1) is 0 Å². The first-order chi connectivity index (χ1) is 23.6. The van der Waals surface area contributed by atoms with Crippen molar-refractivity contribution in [1.82, 2.24) is 4.98 Å². The zero-order valence-electron chi connectivity index (χ0n) is 33.2. The van der Waals surface area contributed by atoms with Crippen LogP contribution in [-0.4, -0.2) is 17.1 Å². The molecular formula is C46H67NO3. The normalized spacial score (nSPS) is 37.7. The van der Waals surface area contributed by atoms with Crippen molar-refractivity contribution in [3.63, 3.8) is 0 Å². The Bertz CT molecular complexity index is 1610. The molecule has 0 amide bonds. The zero-order valence-corrected chi connectivity index (χ0v) is 33.2. The van der Waals surface area contributed by atoms with Crippen LogP contribution >= 0.6 is 0 Å². The standard InChI is InChI=1S/C46H67NO3/c1-11-12-31-13-15-32(16-14-31)35-28-47-41(49-35)46-24-19-33(30(4)5)40(46)34-17-18-37-43(8)22-21-38(50-39(48)27-29(2)3)42(6,7)36(43)20-23-45(37,10)44(34,9)25-26-46/h13-16,28-30,34,36-38H,11-12,17-27H2,1-10H3. The van der Waals surface area contributed by atoms with Gasteiger partial charge in [-0.05, 0) is 122 Å². The maximum Gasteiger partial charge on any atom is 0.306 e. The number of fused-ring (bicyclic) bond motifs is 7. The van der Waals surface area contributed by atoms with E-state index in [9.17, 15) is 4.79 Å². The van der Waals surface area contributed by atoms with Gasteiger partial charge in [-0.2, -0.15) is 0 Å². The summed E-state index contributed by atoms with van der Waals surface area (Å²) in [6, 6.07) is 8.95. The van der Waals surface area contributed by atoms with Crippen LogP contribution in [0.1, 0.15) is 158 Å². The number of nitrogens with zero attached hydrogens (tertiary/aromatic N) is 1. The molecule has 1 heterocycles. The molecular weight excluding hydrogens is 615 g/mol. The zero-order chi connectivity index (χ0) is 35.9. The molecule has 4 saturated carbocycles. The Labute approximate surface area is 304 Å². The molecule has 2 aromatic rings. The molecule has 0 bridgehead atoms. The number of hydrogen-bond acceptors (Lipinski definition) is 4. The average molecular weight is 682 g/mol. The first-order valence-corrected chi connectivity index (χ1v) is 20.6. The van der Waals surface area contributed by atoms with Crippen LogP contribution < -0.4 is 0 Å². The predicted molar refractivity (Wildman–Crippen MR) is 204 cm³/mol. The molecule has 8 atom stereocenters. The van der Waals surface area contributed by atoms with Gasteiger partial charge in [0, 0.05) is 17.4 Å². The minimum Gasteiger partial charge on any atom is -0.462 e. The second-order valence-corrected chi connectivity index (χ2v) is 19.7. The molecule has 0 radical (unpaired) electrons. The van der Waals surface area contributed by atoms with Crippen molar-refractivity contribution in [2.75, 3.05) is 0 Å². The number of carbonyl (C=O) groups is 1. The molecule has 274 valence electrons. The smallest absolute Gasteiger partial charge is 0.306 e. The SMILES string of the molecule is CCCc1ccc(-c2cnc(C34CCC(C(C)C)=C3C3CCC5C6(C)CCC(OC(=O)CC(C)C)C(C)(C)C6CCC5(C)C3(C)CC4)o2)cc1. The Hall–Kier alpha value is -2.36. The number of benzene rings is 1. The van der Waals surface area contributed by atoms with Crippen molar-refractivity contribution in [2.24, 2.45) is 51.2 Å². The third-order valence-electron chi connectivity index (χ3n) is 16.1. The van der Waals surface area contributed by atoms with Crippen molar-refractivity contribution in [1.29, 1.82) is 0 Å². The molecule has 1 aromatic heterocycles. The number of aromatic nitrogens is 1. The molecule has 0 aliphatic heterocycles. The van der Waals surface area contributed by atoms with E-state index < -0.39 is 0 Å². The monoisotopic (exact) mass is 682 g/mol. The number of ether oxygens (including phenoxy) is 1. The fourth-order valence-corrected chi connectivity index (χ4v) is 13.5. The largest absolute Gasteiger partial charge is 0.462 e. The third kappa shape index (κ3) is 5.33. The van der Waals surface area contributed by atoms with Crippen LogP contribution in [0.3, 0.4) is 0 Å². The minimum atomic E-state index is -0.0750. The van der Waals surface area contributed by atoms with E-state index in [0.717, 1.165) is 49.3 Å². The van der Waals surface area contributed by atoms with E-state index in [1.807, 2.05) is 6.20 Å². The van der Waals surface area contributed by atoms with Gasteiger partial charge in [0.2, 0.25) is 5.89 Å². The highest BCUT2D eigenvalue weighted by atomic mass is 16.5. The molecule has 0 N–H and O–H groups in total. The summed E-state index contributed by atoms with van der Waals surface area (Å²) >= 11 is 0. The van der Waals surface area contributed by atoms with E-state index in [2.05, 4.69) is 93.5 Å². The first-order valence-electron chi connectivity index (χ1n) is 20.6. The summed E-state index contributed by atoms with van der Waals surface area (Å²) in [6.07, 6.45) is 16.8. The lowest BCUT2D eigenvalue weighted by atomic mass is 9.33. The van der Waals surface area contributed by atoms with Crippen molar-refractivity contribution in [3.05, 3.63) is 53.1 Å². The van der Waals surface area contributed by atoms with Gasteiger partial charge in [0.25, 0.3) is 0 Å².